The summed E-state index contributed by atoms with van der Waals surface area (Å²) >= 11 is 0. The molecule has 0 aliphatic heterocycles. The van der Waals surface area contributed by atoms with Crippen molar-refractivity contribution in [3.05, 3.63) is 65.7 Å². The summed E-state index contributed by atoms with van der Waals surface area (Å²) in [4.78, 5) is 14.3. The highest BCUT2D eigenvalue weighted by molar-refractivity contribution is 5.94. The van der Waals surface area contributed by atoms with Crippen LogP contribution in [0.3, 0.4) is 0 Å². The van der Waals surface area contributed by atoms with Crippen LogP contribution in [0, 0.1) is 0 Å². The van der Waals surface area contributed by atoms with Gasteiger partial charge in [0.1, 0.15) is 5.75 Å². The number of nitrogens with zero attached hydrogens (tertiary/aromatic N) is 1. The van der Waals surface area contributed by atoms with Gasteiger partial charge in [-0.3, -0.25) is 4.79 Å². The van der Waals surface area contributed by atoms with Gasteiger partial charge >= 0.3 is 0 Å². The van der Waals surface area contributed by atoms with E-state index in [9.17, 15) is 9.90 Å². The van der Waals surface area contributed by atoms with E-state index in [4.69, 9.17) is 0 Å². The number of aromatic hydroxyl groups is 1. The first-order valence-corrected chi connectivity index (χ1v) is 6.78. The number of phenolic OH excluding ortho intramolecular Hbond substituents is 1. The number of hydrogen-bond acceptors (Lipinski definition) is 2. The van der Waals surface area contributed by atoms with Crippen LogP contribution in [0.2, 0.25) is 0 Å². The van der Waals surface area contributed by atoms with Crippen LogP contribution in [0.4, 0.5) is 0 Å². The second-order valence-electron chi connectivity index (χ2n) is 4.73. The third kappa shape index (κ3) is 2.99. The van der Waals surface area contributed by atoms with Crippen molar-refractivity contribution in [2.24, 2.45) is 0 Å². The summed E-state index contributed by atoms with van der Waals surface area (Å²) in [7, 11) is 0. The minimum Gasteiger partial charge on any atom is -0.508 e. The van der Waals surface area contributed by atoms with E-state index in [1.165, 1.54) is 0 Å². The highest BCUT2D eigenvalue weighted by Gasteiger charge is 2.21. The molecule has 2 aromatic carbocycles. The van der Waals surface area contributed by atoms with E-state index in [0.717, 1.165) is 5.56 Å². The minimum absolute atomic E-state index is 0.00365. The molecular formula is C17H19NO2. The first-order valence-electron chi connectivity index (χ1n) is 6.78. The molecule has 0 radical (unpaired) electrons. The van der Waals surface area contributed by atoms with Crippen LogP contribution >= 0.6 is 0 Å². The number of rotatable bonds is 4. The fraction of sp³-hybridized carbons (Fsp3) is 0.235. The van der Waals surface area contributed by atoms with Crippen molar-refractivity contribution in [1.82, 2.24) is 4.90 Å². The first-order chi connectivity index (χ1) is 9.63. The molecule has 2 rings (SSSR count). The summed E-state index contributed by atoms with van der Waals surface area (Å²) in [6.45, 7) is 4.55. The molecule has 0 bridgehead atoms. The summed E-state index contributed by atoms with van der Waals surface area (Å²) in [5.74, 6) is 0.224. The molecule has 2 aromatic rings. The molecule has 0 aliphatic carbocycles. The van der Waals surface area contributed by atoms with Gasteiger partial charge in [0.25, 0.3) is 5.91 Å². The van der Waals surface area contributed by atoms with Gasteiger partial charge in [0.2, 0.25) is 0 Å². The van der Waals surface area contributed by atoms with Gasteiger partial charge in [0, 0.05) is 12.1 Å². The number of carbonyl (C=O) groups is 1. The third-order valence-electron chi connectivity index (χ3n) is 3.44. The zero-order valence-corrected chi connectivity index (χ0v) is 11.8. The Kier molecular flexibility index (Phi) is 4.41. The normalized spacial score (nSPS) is 11.9. The number of carbonyl (C=O) groups excluding carboxylic acids is 1. The predicted octanol–water partition coefficient (Wildman–Crippen LogP) is 3.62. The Morgan fingerprint density at radius 3 is 2.45 bits per heavy atom. The van der Waals surface area contributed by atoms with Crippen molar-refractivity contribution >= 4 is 5.91 Å². The number of benzene rings is 2. The monoisotopic (exact) mass is 269 g/mol. The van der Waals surface area contributed by atoms with Gasteiger partial charge in [-0.2, -0.15) is 0 Å². The summed E-state index contributed by atoms with van der Waals surface area (Å²) in [6, 6.07) is 16.2. The van der Waals surface area contributed by atoms with Gasteiger partial charge in [-0.1, -0.05) is 30.3 Å². The Morgan fingerprint density at radius 1 is 1.15 bits per heavy atom. The van der Waals surface area contributed by atoms with E-state index >= 15 is 0 Å². The lowest BCUT2D eigenvalue weighted by Gasteiger charge is -2.28. The van der Waals surface area contributed by atoms with Crippen molar-refractivity contribution in [3.8, 4) is 5.75 Å². The van der Waals surface area contributed by atoms with Gasteiger partial charge in [-0.25, -0.2) is 0 Å². The van der Waals surface area contributed by atoms with E-state index in [1.54, 1.807) is 23.1 Å². The quantitative estimate of drug-likeness (QED) is 0.921. The highest BCUT2D eigenvalue weighted by atomic mass is 16.3. The molecule has 0 fully saturated rings. The fourth-order valence-corrected chi connectivity index (χ4v) is 2.30. The van der Waals surface area contributed by atoms with E-state index in [1.807, 2.05) is 50.2 Å². The van der Waals surface area contributed by atoms with Crippen molar-refractivity contribution in [3.63, 3.8) is 0 Å². The van der Waals surface area contributed by atoms with E-state index in [-0.39, 0.29) is 17.7 Å². The van der Waals surface area contributed by atoms with Crippen molar-refractivity contribution in [1.29, 1.82) is 0 Å². The number of phenols is 1. The van der Waals surface area contributed by atoms with Crippen LogP contribution in [-0.2, 0) is 0 Å². The second kappa shape index (κ2) is 6.24. The molecule has 1 unspecified atom stereocenters. The zero-order chi connectivity index (χ0) is 14.5. The van der Waals surface area contributed by atoms with Crippen molar-refractivity contribution in [2.45, 2.75) is 19.9 Å². The number of amides is 1. The molecule has 1 atom stereocenters. The lowest BCUT2D eigenvalue weighted by atomic mass is 10.1. The van der Waals surface area contributed by atoms with Gasteiger partial charge in [0.05, 0.1) is 6.04 Å². The maximum Gasteiger partial charge on any atom is 0.254 e. The van der Waals surface area contributed by atoms with E-state index in [0.29, 0.717) is 12.1 Å². The average molecular weight is 269 g/mol. The standard InChI is InChI=1S/C17H19NO2/c1-3-18(17(20)14-8-5-4-6-9-14)13(2)15-10-7-11-16(19)12-15/h4-13,19H,3H2,1-2H3. The third-order valence-corrected chi connectivity index (χ3v) is 3.44. The van der Waals surface area contributed by atoms with Gasteiger partial charge in [0.15, 0.2) is 0 Å². The Bertz CT molecular complexity index is 581. The highest BCUT2D eigenvalue weighted by Crippen LogP contribution is 2.24. The number of hydrogen-bond donors (Lipinski definition) is 1. The SMILES string of the molecule is CCN(C(=O)c1ccccc1)C(C)c1cccc(O)c1. The minimum atomic E-state index is -0.0835. The molecule has 20 heavy (non-hydrogen) atoms. The average Bonchev–Trinajstić information content (AvgIpc) is 2.48. The molecule has 0 aliphatic rings. The summed E-state index contributed by atoms with van der Waals surface area (Å²) in [6.07, 6.45) is 0. The van der Waals surface area contributed by atoms with Crippen LogP contribution in [0.25, 0.3) is 0 Å². The largest absolute Gasteiger partial charge is 0.508 e. The molecule has 0 heterocycles. The predicted molar refractivity (Wildman–Crippen MR) is 79.7 cm³/mol. The Balaban J connectivity index is 2.26. The van der Waals surface area contributed by atoms with Crippen LogP contribution in [0.5, 0.6) is 5.75 Å². The molecular weight excluding hydrogens is 250 g/mol. The molecule has 104 valence electrons. The molecule has 0 saturated heterocycles. The second-order valence-corrected chi connectivity index (χ2v) is 4.73. The fourth-order valence-electron chi connectivity index (χ4n) is 2.30. The van der Waals surface area contributed by atoms with Gasteiger partial charge < -0.3 is 10.0 Å². The molecule has 0 spiro atoms. The Morgan fingerprint density at radius 2 is 1.85 bits per heavy atom. The molecule has 3 heteroatoms. The Labute approximate surface area is 119 Å². The van der Waals surface area contributed by atoms with Crippen LogP contribution in [0.15, 0.2) is 54.6 Å². The van der Waals surface area contributed by atoms with E-state index < -0.39 is 0 Å². The molecule has 0 aromatic heterocycles. The van der Waals surface area contributed by atoms with E-state index in [2.05, 4.69) is 0 Å². The van der Waals surface area contributed by atoms with Gasteiger partial charge in [-0.05, 0) is 43.7 Å². The molecule has 3 nitrogen and oxygen atoms in total. The maximum atomic E-state index is 12.5. The van der Waals surface area contributed by atoms with Crippen LogP contribution in [0.1, 0.15) is 35.8 Å². The summed E-state index contributed by atoms with van der Waals surface area (Å²) in [5, 5.41) is 9.57. The summed E-state index contributed by atoms with van der Waals surface area (Å²) in [5.41, 5.74) is 1.61. The zero-order valence-electron chi connectivity index (χ0n) is 11.8. The maximum absolute atomic E-state index is 12.5. The van der Waals surface area contributed by atoms with Crippen molar-refractivity contribution < 1.29 is 9.90 Å². The Hall–Kier alpha value is -2.29. The summed E-state index contributed by atoms with van der Waals surface area (Å²) < 4.78 is 0. The lowest BCUT2D eigenvalue weighted by molar-refractivity contribution is 0.0702. The molecule has 1 N–H and O–H groups in total. The van der Waals surface area contributed by atoms with Crippen LogP contribution in [-0.4, -0.2) is 22.5 Å². The lowest BCUT2D eigenvalue weighted by Crippen LogP contribution is -2.33. The molecule has 1 amide bonds. The van der Waals surface area contributed by atoms with Crippen LogP contribution < -0.4 is 0 Å². The topological polar surface area (TPSA) is 40.5 Å². The smallest absolute Gasteiger partial charge is 0.254 e. The first kappa shape index (κ1) is 14.1. The van der Waals surface area contributed by atoms with Gasteiger partial charge in [-0.15, -0.1) is 0 Å². The van der Waals surface area contributed by atoms with Crippen molar-refractivity contribution in [2.75, 3.05) is 6.54 Å². The molecule has 0 saturated carbocycles.